The van der Waals surface area contributed by atoms with Gasteiger partial charge in [0.25, 0.3) is 0 Å². The van der Waals surface area contributed by atoms with Gasteiger partial charge in [-0.2, -0.15) is 0 Å². The molecule has 1 rings (SSSR count). The fourth-order valence-corrected chi connectivity index (χ4v) is 2.63. The number of nitrogens with one attached hydrogen (secondary N) is 2. The Morgan fingerprint density at radius 2 is 2.00 bits per heavy atom. The summed E-state index contributed by atoms with van der Waals surface area (Å²) in [5.41, 5.74) is -0.450. The molecule has 20 heavy (non-hydrogen) atoms. The van der Waals surface area contributed by atoms with Crippen molar-refractivity contribution in [2.45, 2.75) is 83.5 Å². The highest BCUT2D eigenvalue weighted by atomic mass is 16.6. The van der Waals surface area contributed by atoms with Gasteiger partial charge in [0, 0.05) is 24.7 Å². The number of alkyl carbamates (subject to hydrolysis) is 1. The number of amides is 1. The molecule has 5 nitrogen and oxygen atoms in total. The molecule has 0 heterocycles. The van der Waals surface area contributed by atoms with Crippen molar-refractivity contribution >= 4 is 6.09 Å². The molecule has 0 saturated heterocycles. The van der Waals surface area contributed by atoms with Crippen LogP contribution in [0.25, 0.3) is 0 Å². The van der Waals surface area contributed by atoms with Gasteiger partial charge in [0.1, 0.15) is 5.60 Å². The highest BCUT2D eigenvalue weighted by Crippen LogP contribution is 2.21. The van der Waals surface area contributed by atoms with Gasteiger partial charge < -0.3 is 20.5 Å². The normalized spacial score (nSPS) is 24.4. The fraction of sp³-hybridized carbons (Fsp3) is 0.933. The zero-order chi connectivity index (χ0) is 15.2. The van der Waals surface area contributed by atoms with Crippen LogP contribution in [-0.2, 0) is 4.74 Å². The van der Waals surface area contributed by atoms with E-state index < -0.39 is 5.60 Å². The van der Waals surface area contributed by atoms with E-state index in [2.05, 4.69) is 17.6 Å². The van der Waals surface area contributed by atoms with Gasteiger partial charge in [-0.15, -0.1) is 0 Å². The molecule has 1 amide bonds. The minimum atomic E-state index is -0.450. The lowest BCUT2D eigenvalue weighted by molar-refractivity contribution is 0.0505. The van der Waals surface area contributed by atoms with Crippen molar-refractivity contribution in [1.29, 1.82) is 0 Å². The number of carbonyl (C=O) groups excluding carboxylic acids is 1. The Balaban J connectivity index is 2.31. The SMILES string of the molecule is CCC(CCO)NC1CCC(NC(=O)OC(C)(C)C)C1. The first-order valence-electron chi connectivity index (χ1n) is 7.70. The predicted molar refractivity (Wildman–Crippen MR) is 79.7 cm³/mol. The molecule has 0 aromatic carbocycles. The second-order valence-electron chi connectivity index (χ2n) is 6.64. The van der Waals surface area contributed by atoms with Crippen LogP contribution in [-0.4, -0.2) is 41.5 Å². The molecule has 1 aliphatic rings. The summed E-state index contributed by atoms with van der Waals surface area (Å²) in [6, 6.07) is 0.977. The van der Waals surface area contributed by atoms with Gasteiger partial charge in [-0.3, -0.25) is 0 Å². The monoisotopic (exact) mass is 286 g/mol. The van der Waals surface area contributed by atoms with E-state index in [1.165, 1.54) is 0 Å². The quantitative estimate of drug-likeness (QED) is 0.700. The van der Waals surface area contributed by atoms with Gasteiger partial charge in [0.2, 0.25) is 0 Å². The summed E-state index contributed by atoms with van der Waals surface area (Å²) in [7, 11) is 0. The van der Waals surface area contributed by atoms with E-state index in [4.69, 9.17) is 9.84 Å². The van der Waals surface area contributed by atoms with Gasteiger partial charge in [-0.25, -0.2) is 4.79 Å². The van der Waals surface area contributed by atoms with Gasteiger partial charge in [0.15, 0.2) is 0 Å². The molecule has 5 heteroatoms. The topological polar surface area (TPSA) is 70.6 Å². The third-order valence-corrected chi connectivity index (χ3v) is 3.60. The first-order valence-corrected chi connectivity index (χ1v) is 7.70. The van der Waals surface area contributed by atoms with E-state index in [-0.39, 0.29) is 18.7 Å². The lowest BCUT2D eigenvalue weighted by Crippen LogP contribution is -2.40. The Morgan fingerprint density at radius 1 is 1.35 bits per heavy atom. The smallest absolute Gasteiger partial charge is 0.407 e. The van der Waals surface area contributed by atoms with E-state index in [9.17, 15) is 4.79 Å². The molecule has 0 radical (unpaired) electrons. The van der Waals surface area contributed by atoms with Crippen molar-refractivity contribution < 1.29 is 14.6 Å². The van der Waals surface area contributed by atoms with Crippen LogP contribution < -0.4 is 10.6 Å². The zero-order valence-electron chi connectivity index (χ0n) is 13.2. The van der Waals surface area contributed by atoms with Crippen LogP contribution in [0.3, 0.4) is 0 Å². The van der Waals surface area contributed by atoms with E-state index in [1.807, 2.05) is 20.8 Å². The number of aliphatic hydroxyl groups is 1. The lowest BCUT2D eigenvalue weighted by atomic mass is 10.1. The Morgan fingerprint density at radius 3 is 2.55 bits per heavy atom. The molecule has 0 aromatic heterocycles. The van der Waals surface area contributed by atoms with Crippen molar-refractivity contribution in [2.75, 3.05) is 6.61 Å². The fourth-order valence-electron chi connectivity index (χ4n) is 2.63. The van der Waals surface area contributed by atoms with Crippen molar-refractivity contribution in [3.63, 3.8) is 0 Å². The number of hydrogen-bond donors (Lipinski definition) is 3. The molecule has 118 valence electrons. The third kappa shape index (κ3) is 6.57. The number of ether oxygens (including phenoxy) is 1. The van der Waals surface area contributed by atoms with Crippen LogP contribution in [0.5, 0.6) is 0 Å². The average molecular weight is 286 g/mol. The Kier molecular flexibility index (Phi) is 6.76. The minimum Gasteiger partial charge on any atom is -0.444 e. The predicted octanol–water partition coefficient (Wildman–Crippen LogP) is 2.18. The number of hydrogen-bond acceptors (Lipinski definition) is 4. The van der Waals surface area contributed by atoms with E-state index in [0.717, 1.165) is 32.1 Å². The van der Waals surface area contributed by atoms with Gasteiger partial charge in [0.05, 0.1) is 0 Å². The maximum atomic E-state index is 11.7. The number of rotatable bonds is 6. The van der Waals surface area contributed by atoms with Crippen LogP contribution in [0.4, 0.5) is 4.79 Å². The molecule has 0 spiro atoms. The van der Waals surface area contributed by atoms with Crippen molar-refractivity contribution in [3.05, 3.63) is 0 Å². The van der Waals surface area contributed by atoms with Crippen LogP contribution in [0.15, 0.2) is 0 Å². The first kappa shape index (κ1) is 17.2. The van der Waals surface area contributed by atoms with Gasteiger partial charge in [-0.05, 0) is 52.9 Å². The van der Waals surface area contributed by atoms with Crippen molar-refractivity contribution in [3.8, 4) is 0 Å². The summed E-state index contributed by atoms with van der Waals surface area (Å²) in [4.78, 5) is 11.7. The lowest BCUT2D eigenvalue weighted by Gasteiger charge is -2.23. The Hall–Kier alpha value is -0.810. The second kappa shape index (κ2) is 7.84. The summed E-state index contributed by atoms with van der Waals surface area (Å²) < 4.78 is 5.27. The van der Waals surface area contributed by atoms with E-state index >= 15 is 0 Å². The van der Waals surface area contributed by atoms with Crippen LogP contribution in [0, 0.1) is 0 Å². The van der Waals surface area contributed by atoms with Crippen molar-refractivity contribution in [1.82, 2.24) is 10.6 Å². The molecule has 3 atom stereocenters. The van der Waals surface area contributed by atoms with Crippen molar-refractivity contribution in [2.24, 2.45) is 0 Å². The third-order valence-electron chi connectivity index (χ3n) is 3.60. The molecular formula is C15H30N2O3. The molecule has 0 aliphatic heterocycles. The largest absolute Gasteiger partial charge is 0.444 e. The van der Waals surface area contributed by atoms with E-state index in [0.29, 0.717) is 12.1 Å². The highest BCUT2D eigenvalue weighted by Gasteiger charge is 2.28. The molecular weight excluding hydrogens is 256 g/mol. The zero-order valence-corrected chi connectivity index (χ0v) is 13.2. The Labute approximate surface area is 122 Å². The average Bonchev–Trinajstić information content (AvgIpc) is 2.73. The standard InChI is InChI=1S/C15H30N2O3/c1-5-11(8-9-18)16-12-6-7-13(10-12)17-14(19)20-15(2,3)4/h11-13,16,18H,5-10H2,1-4H3,(H,17,19). The van der Waals surface area contributed by atoms with Gasteiger partial charge in [-0.1, -0.05) is 6.92 Å². The molecule has 0 aromatic rings. The Bertz CT molecular complexity index is 302. The summed E-state index contributed by atoms with van der Waals surface area (Å²) in [6.07, 6.45) is 4.44. The minimum absolute atomic E-state index is 0.189. The van der Waals surface area contributed by atoms with E-state index in [1.54, 1.807) is 0 Å². The molecule has 3 N–H and O–H groups in total. The van der Waals surface area contributed by atoms with Crippen LogP contribution in [0.1, 0.15) is 59.8 Å². The summed E-state index contributed by atoms with van der Waals surface area (Å²) in [6.45, 7) is 7.95. The molecule has 0 bridgehead atoms. The first-order chi connectivity index (χ1) is 9.34. The van der Waals surface area contributed by atoms with Crippen LogP contribution in [0.2, 0.25) is 0 Å². The summed E-state index contributed by atoms with van der Waals surface area (Å²) >= 11 is 0. The number of aliphatic hydroxyl groups excluding tert-OH is 1. The number of carbonyl (C=O) groups is 1. The van der Waals surface area contributed by atoms with Crippen LogP contribution >= 0.6 is 0 Å². The maximum Gasteiger partial charge on any atom is 0.407 e. The highest BCUT2D eigenvalue weighted by molar-refractivity contribution is 5.68. The second-order valence-corrected chi connectivity index (χ2v) is 6.64. The molecule has 1 aliphatic carbocycles. The molecule has 1 fully saturated rings. The summed E-state index contributed by atoms with van der Waals surface area (Å²) in [5.74, 6) is 0. The molecule has 1 saturated carbocycles. The molecule has 3 unspecified atom stereocenters. The maximum absolute atomic E-state index is 11.7. The summed E-state index contributed by atoms with van der Waals surface area (Å²) in [5, 5.41) is 15.5. The van der Waals surface area contributed by atoms with Gasteiger partial charge >= 0.3 is 6.09 Å².